The van der Waals surface area contributed by atoms with Gasteiger partial charge in [-0.05, 0) is 65.9 Å². The average Bonchev–Trinajstić information content (AvgIpc) is 2.86. The Morgan fingerprint density at radius 1 is 0.784 bits per heavy atom. The van der Waals surface area contributed by atoms with Crippen molar-refractivity contribution >= 4 is 29.6 Å². The summed E-state index contributed by atoms with van der Waals surface area (Å²) in [6.07, 6.45) is 1.46. The molecular weight excluding hydrogens is 468 g/mol. The summed E-state index contributed by atoms with van der Waals surface area (Å²) in [6, 6.07) is 21.2. The molecule has 3 aromatic rings. The lowest BCUT2D eigenvalue weighted by molar-refractivity contribution is -0.122. The number of aryl methyl sites for hydroxylation is 1. The molecule has 0 bridgehead atoms. The largest absolute Gasteiger partial charge is 0.490 e. The Labute approximate surface area is 216 Å². The van der Waals surface area contributed by atoms with Crippen LogP contribution in [0.15, 0.2) is 78.4 Å². The number of amides is 4. The van der Waals surface area contributed by atoms with Crippen molar-refractivity contribution in [2.75, 3.05) is 18.1 Å². The van der Waals surface area contributed by atoms with Crippen LogP contribution in [0.25, 0.3) is 6.08 Å². The van der Waals surface area contributed by atoms with Crippen LogP contribution in [0.2, 0.25) is 0 Å². The maximum atomic E-state index is 13.0. The van der Waals surface area contributed by atoms with E-state index in [0.29, 0.717) is 30.2 Å². The average molecular weight is 499 g/mol. The number of hydrogen-bond donors (Lipinski definition) is 1. The zero-order chi connectivity index (χ0) is 26.6. The lowest BCUT2D eigenvalue weighted by Gasteiger charge is -2.26. The molecule has 37 heavy (non-hydrogen) atoms. The molecule has 7 heteroatoms. The third-order valence-electron chi connectivity index (χ3n) is 5.93. The number of ether oxygens (including phenoxy) is 2. The molecule has 1 aliphatic rings. The summed E-state index contributed by atoms with van der Waals surface area (Å²) in [6.45, 7) is 9.15. The van der Waals surface area contributed by atoms with Crippen LogP contribution >= 0.6 is 0 Å². The van der Waals surface area contributed by atoms with Gasteiger partial charge in [-0.2, -0.15) is 0 Å². The summed E-state index contributed by atoms with van der Waals surface area (Å²) < 4.78 is 11.5. The first-order chi connectivity index (χ1) is 17.6. The van der Waals surface area contributed by atoms with Gasteiger partial charge in [0.1, 0.15) is 30.3 Å². The second-order valence-corrected chi connectivity index (χ2v) is 9.83. The molecule has 1 N–H and O–H groups in total. The van der Waals surface area contributed by atoms with E-state index in [4.69, 9.17) is 9.47 Å². The summed E-state index contributed by atoms with van der Waals surface area (Å²) >= 11 is 0. The molecule has 7 nitrogen and oxygen atoms in total. The highest BCUT2D eigenvalue weighted by molar-refractivity contribution is 6.39. The molecule has 4 rings (SSSR count). The number of hydrogen-bond acceptors (Lipinski definition) is 5. The van der Waals surface area contributed by atoms with Crippen LogP contribution in [0.4, 0.5) is 10.5 Å². The van der Waals surface area contributed by atoms with E-state index in [1.54, 1.807) is 48.5 Å². The van der Waals surface area contributed by atoms with Crippen LogP contribution in [-0.4, -0.2) is 31.1 Å². The Balaban J connectivity index is 1.35. The van der Waals surface area contributed by atoms with E-state index < -0.39 is 17.8 Å². The number of nitrogens with one attached hydrogen (secondary N) is 1. The topological polar surface area (TPSA) is 84.9 Å². The summed E-state index contributed by atoms with van der Waals surface area (Å²) in [4.78, 5) is 38.7. The minimum absolute atomic E-state index is 0.0930. The molecule has 1 fully saturated rings. The van der Waals surface area contributed by atoms with Crippen molar-refractivity contribution in [2.45, 2.75) is 33.1 Å². The number of urea groups is 1. The Hall–Kier alpha value is -4.39. The Morgan fingerprint density at radius 2 is 1.32 bits per heavy atom. The van der Waals surface area contributed by atoms with Crippen LogP contribution in [0.3, 0.4) is 0 Å². The predicted octanol–water partition coefficient (Wildman–Crippen LogP) is 5.42. The lowest BCUT2D eigenvalue weighted by atomic mass is 9.87. The molecule has 0 radical (unpaired) electrons. The van der Waals surface area contributed by atoms with E-state index in [2.05, 4.69) is 38.2 Å². The van der Waals surface area contributed by atoms with Crippen LogP contribution in [-0.2, 0) is 15.0 Å². The highest BCUT2D eigenvalue weighted by Crippen LogP contribution is 2.25. The zero-order valence-corrected chi connectivity index (χ0v) is 21.4. The fourth-order valence-electron chi connectivity index (χ4n) is 3.78. The maximum Gasteiger partial charge on any atom is 0.335 e. The third-order valence-corrected chi connectivity index (χ3v) is 5.93. The maximum absolute atomic E-state index is 13.0. The van der Waals surface area contributed by atoms with Crippen molar-refractivity contribution in [2.24, 2.45) is 0 Å². The summed E-state index contributed by atoms with van der Waals surface area (Å²) in [5, 5.41) is 2.23. The number of carbonyl (C=O) groups excluding carboxylic acids is 3. The first kappa shape index (κ1) is 25.7. The minimum Gasteiger partial charge on any atom is -0.490 e. The number of rotatable bonds is 7. The highest BCUT2D eigenvalue weighted by Gasteiger charge is 2.36. The molecule has 4 amide bonds. The fraction of sp³-hybridized carbons (Fsp3) is 0.233. The van der Waals surface area contributed by atoms with E-state index in [-0.39, 0.29) is 11.0 Å². The number of benzene rings is 3. The van der Waals surface area contributed by atoms with Gasteiger partial charge in [0.2, 0.25) is 0 Å². The SMILES string of the molecule is Cc1ccc(N2C(=O)NC(=O)/C(=C/c3ccc(OCCOc4ccc(C(C)(C)C)cc4)cc3)C2=O)cc1. The smallest absolute Gasteiger partial charge is 0.335 e. The van der Waals surface area contributed by atoms with Gasteiger partial charge >= 0.3 is 6.03 Å². The molecule has 190 valence electrons. The summed E-state index contributed by atoms with van der Waals surface area (Å²) in [5.74, 6) is 0.00820. The van der Waals surface area contributed by atoms with Crippen LogP contribution in [0, 0.1) is 6.92 Å². The number of nitrogens with zero attached hydrogens (tertiary/aromatic N) is 1. The Morgan fingerprint density at radius 3 is 1.86 bits per heavy atom. The molecular formula is C30H30N2O5. The van der Waals surface area contributed by atoms with Crippen molar-refractivity contribution in [3.8, 4) is 11.5 Å². The molecule has 0 aliphatic carbocycles. The Bertz CT molecular complexity index is 1320. The molecule has 1 heterocycles. The molecule has 0 spiro atoms. The fourth-order valence-corrected chi connectivity index (χ4v) is 3.78. The van der Waals surface area contributed by atoms with E-state index in [9.17, 15) is 14.4 Å². The Kier molecular flexibility index (Phi) is 7.43. The lowest BCUT2D eigenvalue weighted by Crippen LogP contribution is -2.54. The van der Waals surface area contributed by atoms with Crippen molar-refractivity contribution in [1.82, 2.24) is 5.32 Å². The molecule has 0 saturated carbocycles. The number of carbonyl (C=O) groups is 3. The first-order valence-electron chi connectivity index (χ1n) is 12.1. The third kappa shape index (κ3) is 6.25. The van der Waals surface area contributed by atoms with Crippen LogP contribution in [0.5, 0.6) is 11.5 Å². The summed E-state index contributed by atoms with van der Waals surface area (Å²) in [7, 11) is 0. The van der Waals surface area contributed by atoms with Crippen molar-refractivity contribution in [3.63, 3.8) is 0 Å². The summed E-state index contributed by atoms with van der Waals surface area (Å²) in [5.41, 5.74) is 3.22. The second-order valence-electron chi connectivity index (χ2n) is 9.83. The van der Waals surface area contributed by atoms with E-state index >= 15 is 0 Å². The van der Waals surface area contributed by atoms with E-state index in [1.165, 1.54) is 11.6 Å². The first-order valence-corrected chi connectivity index (χ1v) is 12.1. The zero-order valence-electron chi connectivity index (χ0n) is 21.4. The molecule has 0 atom stereocenters. The normalized spacial score (nSPS) is 15.1. The van der Waals surface area contributed by atoms with Gasteiger partial charge in [0.15, 0.2) is 0 Å². The second kappa shape index (κ2) is 10.7. The van der Waals surface area contributed by atoms with Gasteiger partial charge in [-0.15, -0.1) is 0 Å². The van der Waals surface area contributed by atoms with Crippen LogP contribution < -0.4 is 19.7 Å². The van der Waals surface area contributed by atoms with Crippen molar-refractivity contribution in [3.05, 3.63) is 95.1 Å². The van der Waals surface area contributed by atoms with Gasteiger partial charge in [0.05, 0.1) is 5.69 Å². The monoisotopic (exact) mass is 498 g/mol. The van der Waals surface area contributed by atoms with E-state index in [1.807, 2.05) is 19.1 Å². The molecule has 1 aliphatic heterocycles. The quantitative estimate of drug-likeness (QED) is 0.267. The van der Waals surface area contributed by atoms with Gasteiger partial charge < -0.3 is 9.47 Å². The van der Waals surface area contributed by atoms with Gasteiger partial charge in [-0.25, -0.2) is 9.69 Å². The highest BCUT2D eigenvalue weighted by atomic mass is 16.5. The van der Waals surface area contributed by atoms with Crippen LogP contribution in [0.1, 0.15) is 37.5 Å². The number of imide groups is 2. The predicted molar refractivity (Wildman–Crippen MR) is 143 cm³/mol. The molecule has 0 aromatic heterocycles. The minimum atomic E-state index is -0.771. The van der Waals surface area contributed by atoms with Crippen molar-refractivity contribution < 1.29 is 23.9 Å². The van der Waals surface area contributed by atoms with Gasteiger partial charge in [-0.1, -0.05) is 62.7 Å². The molecule has 0 unspecified atom stereocenters. The van der Waals surface area contributed by atoms with Crippen molar-refractivity contribution in [1.29, 1.82) is 0 Å². The van der Waals surface area contributed by atoms with Gasteiger partial charge in [0, 0.05) is 0 Å². The number of barbiturate groups is 1. The molecule has 3 aromatic carbocycles. The van der Waals surface area contributed by atoms with Gasteiger partial charge in [0.25, 0.3) is 11.8 Å². The van der Waals surface area contributed by atoms with Gasteiger partial charge in [-0.3, -0.25) is 14.9 Å². The standard InChI is InChI=1S/C30H30N2O5/c1-20-5-11-23(12-6-20)32-28(34)26(27(33)31-29(32)35)19-21-7-13-24(14-8-21)36-17-18-37-25-15-9-22(10-16-25)30(2,3)4/h5-16,19H,17-18H2,1-4H3,(H,31,33,35)/b26-19-. The van der Waals surface area contributed by atoms with E-state index in [0.717, 1.165) is 16.2 Å². The molecule has 1 saturated heterocycles. The number of anilines is 1.